The number of urea groups is 1. The van der Waals surface area contributed by atoms with E-state index in [4.69, 9.17) is 15.8 Å². The molecule has 0 bridgehead atoms. The Hall–Kier alpha value is -2.25. The van der Waals surface area contributed by atoms with Crippen LogP contribution in [0.4, 0.5) is 4.79 Å². The molecule has 0 spiro atoms. The molecule has 2 rings (SSSR count). The van der Waals surface area contributed by atoms with Gasteiger partial charge in [-0.3, -0.25) is 0 Å². The molecular formula is C22H29ClN2O4S. The molecule has 0 aromatic heterocycles. The van der Waals surface area contributed by atoms with Gasteiger partial charge < -0.3 is 14.4 Å². The largest absolute Gasteiger partial charge is 0.379 e. The standard InChI is InChI=1S/C22H29ClN2O4S/c1-15(2)25(21(26)24-22(4,5)6)14-17-10-12-18(13-11-17)29-30(27,28)20-16(3)8-7-9-19(20)23/h7-13,15H,14H2,1-6H3,(H,24,26). The minimum absolute atomic E-state index is 0.00754. The number of carbonyl (C=O) groups is 1. The third-order valence-corrected chi connectivity index (χ3v) is 6.14. The molecule has 0 aliphatic carbocycles. The van der Waals surface area contributed by atoms with Gasteiger partial charge in [0.2, 0.25) is 0 Å². The van der Waals surface area contributed by atoms with Crippen LogP contribution in [0, 0.1) is 6.92 Å². The van der Waals surface area contributed by atoms with E-state index in [2.05, 4.69) is 5.32 Å². The Balaban J connectivity index is 2.17. The van der Waals surface area contributed by atoms with Crippen LogP contribution in [-0.2, 0) is 16.7 Å². The molecule has 0 heterocycles. The molecule has 0 atom stereocenters. The number of amides is 2. The van der Waals surface area contributed by atoms with Gasteiger partial charge in [0.1, 0.15) is 10.6 Å². The van der Waals surface area contributed by atoms with Gasteiger partial charge in [0.25, 0.3) is 0 Å². The van der Waals surface area contributed by atoms with Crippen LogP contribution in [0.1, 0.15) is 45.7 Å². The van der Waals surface area contributed by atoms with Gasteiger partial charge in [-0.1, -0.05) is 35.9 Å². The molecule has 2 amide bonds. The fourth-order valence-electron chi connectivity index (χ4n) is 2.83. The fraction of sp³-hybridized carbons (Fsp3) is 0.409. The van der Waals surface area contributed by atoms with Crippen LogP contribution in [0.15, 0.2) is 47.4 Å². The molecule has 6 nitrogen and oxygen atoms in total. The second-order valence-corrected chi connectivity index (χ2v) is 10.4. The normalized spacial score (nSPS) is 12.0. The summed E-state index contributed by atoms with van der Waals surface area (Å²) in [5.41, 5.74) is 1.02. The van der Waals surface area contributed by atoms with Crippen molar-refractivity contribution in [2.45, 2.75) is 64.6 Å². The fourth-order valence-corrected chi connectivity index (χ4v) is 4.55. The van der Waals surface area contributed by atoms with E-state index in [1.807, 2.05) is 34.6 Å². The Morgan fingerprint density at radius 2 is 1.73 bits per heavy atom. The first-order valence-electron chi connectivity index (χ1n) is 9.67. The van der Waals surface area contributed by atoms with Gasteiger partial charge in [-0.2, -0.15) is 8.42 Å². The maximum Gasteiger partial charge on any atom is 0.340 e. The lowest BCUT2D eigenvalue weighted by molar-refractivity contribution is 0.171. The maximum absolute atomic E-state index is 12.6. The van der Waals surface area contributed by atoms with E-state index in [9.17, 15) is 13.2 Å². The minimum atomic E-state index is -4.06. The van der Waals surface area contributed by atoms with Crippen molar-refractivity contribution >= 4 is 27.8 Å². The number of rotatable bonds is 6. The van der Waals surface area contributed by atoms with Crippen molar-refractivity contribution in [3.63, 3.8) is 0 Å². The van der Waals surface area contributed by atoms with E-state index >= 15 is 0 Å². The smallest absolute Gasteiger partial charge is 0.340 e. The molecule has 0 fully saturated rings. The highest BCUT2D eigenvalue weighted by Gasteiger charge is 2.24. The van der Waals surface area contributed by atoms with Crippen LogP contribution < -0.4 is 9.50 Å². The van der Waals surface area contributed by atoms with E-state index in [1.165, 1.54) is 6.07 Å². The van der Waals surface area contributed by atoms with E-state index < -0.39 is 10.1 Å². The zero-order chi connectivity index (χ0) is 22.7. The van der Waals surface area contributed by atoms with Crippen LogP contribution in [0.2, 0.25) is 5.02 Å². The highest BCUT2D eigenvalue weighted by molar-refractivity contribution is 7.87. The van der Waals surface area contributed by atoms with Crippen LogP contribution in [0.5, 0.6) is 5.75 Å². The third kappa shape index (κ3) is 6.37. The molecule has 0 saturated heterocycles. The quantitative estimate of drug-likeness (QED) is 0.616. The summed E-state index contributed by atoms with van der Waals surface area (Å²) in [4.78, 5) is 14.3. The summed E-state index contributed by atoms with van der Waals surface area (Å²) in [6.45, 7) is 11.7. The number of benzene rings is 2. The number of halogens is 1. The van der Waals surface area contributed by atoms with Crippen molar-refractivity contribution in [1.82, 2.24) is 10.2 Å². The SMILES string of the molecule is Cc1cccc(Cl)c1S(=O)(=O)Oc1ccc(CN(C(=O)NC(C)(C)C)C(C)C)cc1. The van der Waals surface area contributed by atoms with E-state index in [0.29, 0.717) is 12.1 Å². The number of hydrogen-bond acceptors (Lipinski definition) is 4. The first-order chi connectivity index (χ1) is 13.8. The Kier molecular flexibility index (Phi) is 7.42. The average molecular weight is 453 g/mol. The first kappa shape index (κ1) is 24.0. The van der Waals surface area contributed by atoms with Crippen molar-refractivity contribution < 1.29 is 17.4 Å². The second kappa shape index (κ2) is 9.27. The Bertz CT molecular complexity index is 977. The van der Waals surface area contributed by atoms with Gasteiger partial charge in [0.05, 0.1) is 5.02 Å². The lowest BCUT2D eigenvalue weighted by Crippen LogP contribution is -2.50. The predicted octanol–water partition coefficient (Wildman–Crippen LogP) is 5.13. The zero-order valence-corrected chi connectivity index (χ0v) is 19.8. The molecule has 0 aliphatic heterocycles. The minimum Gasteiger partial charge on any atom is -0.379 e. The number of hydrogen-bond donors (Lipinski definition) is 1. The molecular weight excluding hydrogens is 424 g/mol. The van der Waals surface area contributed by atoms with Crippen LogP contribution in [0.25, 0.3) is 0 Å². The molecule has 2 aromatic carbocycles. The lowest BCUT2D eigenvalue weighted by atomic mass is 10.1. The number of nitrogens with one attached hydrogen (secondary N) is 1. The third-order valence-electron chi connectivity index (χ3n) is 4.26. The second-order valence-electron chi connectivity index (χ2n) is 8.47. The molecule has 1 N–H and O–H groups in total. The van der Waals surface area contributed by atoms with Crippen molar-refractivity contribution in [3.05, 3.63) is 58.6 Å². The summed E-state index contributed by atoms with van der Waals surface area (Å²) in [5.74, 6) is 0.174. The summed E-state index contributed by atoms with van der Waals surface area (Å²) in [7, 11) is -4.06. The molecule has 0 aliphatic rings. The summed E-state index contributed by atoms with van der Waals surface area (Å²) in [5, 5.41) is 3.08. The summed E-state index contributed by atoms with van der Waals surface area (Å²) < 4.78 is 30.6. The lowest BCUT2D eigenvalue weighted by Gasteiger charge is -2.31. The van der Waals surface area contributed by atoms with Gasteiger partial charge >= 0.3 is 16.1 Å². The molecule has 0 radical (unpaired) electrons. The molecule has 30 heavy (non-hydrogen) atoms. The summed E-state index contributed by atoms with van der Waals surface area (Å²) >= 11 is 6.07. The molecule has 8 heteroatoms. The van der Waals surface area contributed by atoms with Crippen LogP contribution in [-0.4, -0.2) is 30.9 Å². The van der Waals surface area contributed by atoms with Crippen molar-refractivity contribution in [3.8, 4) is 5.75 Å². The molecule has 0 saturated carbocycles. The van der Waals surface area contributed by atoms with Gasteiger partial charge in [-0.15, -0.1) is 0 Å². The van der Waals surface area contributed by atoms with E-state index in [1.54, 1.807) is 48.2 Å². The van der Waals surface area contributed by atoms with Crippen LogP contribution >= 0.6 is 11.6 Å². The van der Waals surface area contributed by atoms with E-state index in [0.717, 1.165) is 5.56 Å². The highest BCUT2D eigenvalue weighted by Crippen LogP contribution is 2.28. The van der Waals surface area contributed by atoms with Crippen molar-refractivity contribution in [1.29, 1.82) is 0 Å². The molecule has 2 aromatic rings. The van der Waals surface area contributed by atoms with Gasteiger partial charge in [-0.05, 0) is 70.9 Å². The summed E-state index contributed by atoms with van der Waals surface area (Å²) in [6, 6.07) is 11.3. The van der Waals surface area contributed by atoms with Gasteiger partial charge in [0.15, 0.2) is 0 Å². The Labute approximate surface area is 184 Å². The first-order valence-corrected chi connectivity index (χ1v) is 11.5. The van der Waals surface area contributed by atoms with Gasteiger partial charge in [0, 0.05) is 18.1 Å². The predicted molar refractivity (Wildman–Crippen MR) is 119 cm³/mol. The van der Waals surface area contributed by atoms with Crippen molar-refractivity contribution in [2.24, 2.45) is 0 Å². The summed E-state index contributed by atoms with van der Waals surface area (Å²) in [6.07, 6.45) is 0. The van der Waals surface area contributed by atoms with E-state index in [-0.39, 0.29) is 33.3 Å². The number of carbonyl (C=O) groups excluding carboxylic acids is 1. The van der Waals surface area contributed by atoms with Crippen LogP contribution in [0.3, 0.4) is 0 Å². The molecule has 164 valence electrons. The van der Waals surface area contributed by atoms with Gasteiger partial charge in [-0.25, -0.2) is 4.79 Å². The monoisotopic (exact) mass is 452 g/mol. The number of nitrogens with zero attached hydrogens (tertiary/aromatic N) is 1. The Morgan fingerprint density at radius 1 is 1.13 bits per heavy atom. The average Bonchev–Trinajstić information content (AvgIpc) is 2.58. The van der Waals surface area contributed by atoms with Crippen molar-refractivity contribution in [2.75, 3.05) is 0 Å². The molecule has 0 unspecified atom stereocenters. The maximum atomic E-state index is 12.6. The topological polar surface area (TPSA) is 75.7 Å². The zero-order valence-electron chi connectivity index (χ0n) is 18.2. The Morgan fingerprint density at radius 3 is 2.23 bits per heavy atom. The number of aryl methyl sites for hydroxylation is 1. The highest BCUT2D eigenvalue weighted by atomic mass is 35.5.